The van der Waals surface area contributed by atoms with Gasteiger partial charge in [-0.3, -0.25) is 9.59 Å². The first-order valence-corrected chi connectivity index (χ1v) is 10.8. The second-order valence-corrected chi connectivity index (χ2v) is 10.2. The van der Waals surface area contributed by atoms with Gasteiger partial charge in [-0.1, -0.05) is 30.3 Å². The van der Waals surface area contributed by atoms with E-state index in [1.54, 1.807) is 13.8 Å². The number of aliphatic hydroxyl groups excluding tert-OH is 1. The number of fused-ring (bicyclic) bond motifs is 5. The van der Waals surface area contributed by atoms with E-state index in [4.69, 9.17) is 0 Å². The van der Waals surface area contributed by atoms with Crippen molar-refractivity contribution in [1.29, 1.82) is 0 Å². The van der Waals surface area contributed by atoms with E-state index >= 15 is 8.78 Å². The number of carbonyl (C=O) groups is 2. The molecule has 4 nitrogen and oxygen atoms in total. The van der Waals surface area contributed by atoms with Crippen molar-refractivity contribution in [2.75, 3.05) is 6.01 Å². The lowest BCUT2D eigenvalue weighted by atomic mass is 9.44. The van der Waals surface area contributed by atoms with Crippen molar-refractivity contribution in [3.63, 3.8) is 0 Å². The van der Waals surface area contributed by atoms with Crippen LogP contribution < -0.4 is 0 Å². The highest BCUT2D eigenvalue weighted by Crippen LogP contribution is 2.70. The molecule has 3 fully saturated rings. The number of hydrogen-bond acceptors (Lipinski definition) is 5. The maximum absolute atomic E-state index is 16.8. The Morgan fingerprint density at radius 2 is 2.07 bits per heavy atom. The molecule has 160 valence electrons. The summed E-state index contributed by atoms with van der Waals surface area (Å²) in [7, 11) is 0. The second kappa shape index (κ2) is 6.44. The molecule has 4 unspecified atom stereocenters. The zero-order valence-corrected chi connectivity index (χ0v) is 17.1. The van der Waals surface area contributed by atoms with Gasteiger partial charge in [-0.2, -0.15) is 0 Å². The summed E-state index contributed by atoms with van der Waals surface area (Å²) in [5.74, 6) is -2.30. The molecule has 29 heavy (non-hydrogen) atoms. The number of hydrogen-bond donors (Lipinski definition) is 2. The van der Waals surface area contributed by atoms with E-state index in [-0.39, 0.29) is 31.5 Å². The third-order valence-electron chi connectivity index (χ3n) is 8.29. The molecule has 0 saturated heterocycles. The smallest absolute Gasteiger partial charge is 0.223 e. The van der Waals surface area contributed by atoms with Crippen LogP contribution in [0.3, 0.4) is 0 Å². The van der Waals surface area contributed by atoms with E-state index in [0.29, 0.717) is 17.3 Å². The fourth-order valence-corrected chi connectivity index (χ4v) is 7.33. The summed E-state index contributed by atoms with van der Waals surface area (Å²) in [6, 6.07) is -1.00. The first-order chi connectivity index (χ1) is 13.5. The quantitative estimate of drug-likeness (QED) is 0.704. The number of carbonyl (C=O) groups excluding carboxylic acids is 2. The number of halogens is 3. The molecule has 8 heteroatoms. The molecule has 0 aromatic heterocycles. The number of aliphatic hydroxyl groups is 2. The van der Waals surface area contributed by atoms with Crippen molar-refractivity contribution in [2.45, 2.75) is 63.1 Å². The van der Waals surface area contributed by atoms with Gasteiger partial charge in [-0.15, -0.1) is 0 Å². The molecule has 2 N–H and O–H groups in total. The summed E-state index contributed by atoms with van der Waals surface area (Å²) >= 11 is 0.347. The average Bonchev–Trinajstić information content (AvgIpc) is 2.90. The van der Waals surface area contributed by atoms with Gasteiger partial charge in [0.25, 0.3) is 0 Å². The van der Waals surface area contributed by atoms with Gasteiger partial charge in [0.1, 0.15) is 17.8 Å². The van der Waals surface area contributed by atoms with E-state index in [1.165, 1.54) is 18.2 Å². The van der Waals surface area contributed by atoms with Crippen LogP contribution in [-0.2, 0) is 9.59 Å². The van der Waals surface area contributed by atoms with Crippen LogP contribution in [0.2, 0.25) is 0 Å². The number of thioether (sulfide) groups is 1. The molecule has 8 atom stereocenters. The lowest BCUT2D eigenvalue weighted by Gasteiger charge is -2.63. The normalized spacial score (nSPS) is 51.1. The minimum absolute atomic E-state index is 0.0280. The molecule has 0 heterocycles. The van der Waals surface area contributed by atoms with Gasteiger partial charge in [0.15, 0.2) is 11.5 Å². The molecule has 0 radical (unpaired) electrons. The minimum atomic E-state index is -2.39. The van der Waals surface area contributed by atoms with Crippen LogP contribution in [0.4, 0.5) is 13.2 Å². The zero-order chi connectivity index (χ0) is 21.4. The Balaban J connectivity index is 1.82. The Morgan fingerprint density at radius 1 is 1.38 bits per heavy atom. The van der Waals surface area contributed by atoms with Crippen LogP contribution in [0.5, 0.6) is 0 Å². The lowest BCUT2D eigenvalue weighted by Crippen LogP contribution is -2.71. The van der Waals surface area contributed by atoms with E-state index in [1.807, 2.05) is 0 Å². The molecule has 0 aromatic rings. The molecule has 4 aliphatic carbocycles. The Kier molecular flexibility index (Phi) is 4.69. The van der Waals surface area contributed by atoms with E-state index in [0.717, 1.165) is 0 Å². The largest absolute Gasteiger partial charge is 0.390 e. The van der Waals surface area contributed by atoms with Gasteiger partial charge in [0.05, 0.1) is 6.10 Å². The molecule has 3 saturated carbocycles. The van der Waals surface area contributed by atoms with Crippen molar-refractivity contribution in [1.82, 2.24) is 0 Å². The molecule has 0 spiro atoms. The lowest BCUT2D eigenvalue weighted by molar-refractivity contribution is -0.228. The predicted molar refractivity (Wildman–Crippen MR) is 102 cm³/mol. The van der Waals surface area contributed by atoms with Crippen molar-refractivity contribution in [2.24, 2.45) is 22.7 Å². The van der Waals surface area contributed by atoms with Crippen LogP contribution in [0.15, 0.2) is 23.8 Å². The molecule has 4 rings (SSSR count). The van der Waals surface area contributed by atoms with Gasteiger partial charge in [0, 0.05) is 23.2 Å². The Morgan fingerprint density at radius 3 is 2.72 bits per heavy atom. The van der Waals surface area contributed by atoms with Gasteiger partial charge in [-0.25, -0.2) is 13.2 Å². The van der Waals surface area contributed by atoms with E-state index in [2.05, 4.69) is 0 Å². The molecule has 0 aliphatic heterocycles. The van der Waals surface area contributed by atoms with Crippen molar-refractivity contribution in [3.05, 3.63) is 23.8 Å². The number of rotatable bonds is 2. The van der Waals surface area contributed by atoms with Crippen molar-refractivity contribution < 1.29 is 33.0 Å². The second-order valence-electron chi connectivity index (χ2n) is 9.31. The van der Waals surface area contributed by atoms with Crippen LogP contribution in [0.1, 0.15) is 39.5 Å². The van der Waals surface area contributed by atoms with Gasteiger partial charge in [-0.05, 0) is 44.3 Å². The zero-order valence-electron chi connectivity index (χ0n) is 16.3. The number of allylic oxidation sites excluding steroid dienone is 4. The number of ketones is 1. The summed E-state index contributed by atoms with van der Waals surface area (Å²) in [5.41, 5.74) is -6.66. The van der Waals surface area contributed by atoms with E-state index in [9.17, 15) is 24.2 Å². The minimum Gasteiger partial charge on any atom is -0.390 e. The Hall–Kier alpha value is -1.12. The number of alkyl halides is 3. The van der Waals surface area contributed by atoms with Crippen LogP contribution >= 0.6 is 11.8 Å². The Bertz CT molecular complexity index is 831. The summed E-state index contributed by atoms with van der Waals surface area (Å²) in [6.45, 7) is 3.14. The third-order valence-corrected chi connectivity index (χ3v) is 9.00. The predicted octanol–water partition coefficient (Wildman–Crippen LogP) is 3.22. The molecular formula is C21H25F3O4S. The first-order valence-electron chi connectivity index (χ1n) is 9.86. The summed E-state index contributed by atoms with van der Waals surface area (Å²) in [6.07, 6.45) is 0.346. The highest BCUT2D eigenvalue weighted by molar-refractivity contribution is 8.13. The average molecular weight is 430 g/mol. The monoisotopic (exact) mass is 430 g/mol. The van der Waals surface area contributed by atoms with Crippen molar-refractivity contribution >= 4 is 22.7 Å². The molecule has 0 amide bonds. The topological polar surface area (TPSA) is 74.6 Å². The summed E-state index contributed by atoms with van der Waals surface area (Å²) in [5, 5.41) is 21.4. The highest BCUT2D eigenvalue weighted by Gasteiger charge is 2.76. The molecular weight excluding hydrogens is 405 g/mol. The SMILES string of the molecule is C[C@]12C=CC(=O)C=C1CC(F)C1C3CC[C@@](O)(C(=O)SCF)[C@@]3(C)CC(O)[C@@]12F. The molecule has 4 aliphatic rings. The fraction of sp³-hybridized carbons (Fsp3) is 0.714. The summed E-state index contributed by atoms with van der Waals surface area (Å²) < 4.78 is 45.0. The van der Waals surface area contributed by atoms with Crippen LogP contribution in [0.25, 0.3) is 0 Å². The van der Waals surface area contributed by atoms with Gasteiger partial charge >= 0.3 is 0 Å². The standard InChI is InChI=1S/C21H25F3O4S/c1-18-5-3-12(25)7-11(18)8-14(23)16-13-4-6-20(28,17(27)29-10-22)19(13,2)9-15(26)21(16,18)24/h3,5,7,13-16,26,28H,4,6,8-10H2,1-2H3/t13?,14?,15?,16?,18-,19-,20+,21+/m0/s1. The van der Waals surface area contributed by atoms with Gasteiger partial charge < -0.3 is 10.2 Å². The van der Waals surface area contributed by atoms with Crippen molar-refractivity contribution in [3.8, 4) is 0 Å². The summed E-state index contributed by atoms with van der Waals surface area (Å²) in [4.78, 5) is 24.3. The van der Waals surface area contributed by atoms with E-state index < -0.39 is 57.3 Å². The Labute approximate surface area is 171 Å². The van der Waals surface area contributed by atoms with Crippen LogP contribution in [0, 0.1) is 22.7 Å². The fourth-order valence-electron chi connectivity index (χ4n) is 6.66. The molecule has 0 aromatic carbocycles. The van der Waals surface area contributed by atoms with Gasteiger partial charge in [0.2, 0.25) is 5.12 Å². The molecule has 0 bridgehead atoms. The highest BCUT2D eigenvalue weighted by atomic mass is 32.2. The third kappa shape index (κ3) is 2.42. The van der Waals surface area contributed by atoms with Crippen LogP contribution in [-0.4, -0.2) is 50.7 Å². The first kappa shape index (κ1) is 21.1. The maximum atomic E-state index is 16.8. The maximum Gasteiger partial charge on any atom is 0.223 e.